The van der Waals surface area contributed by atoms with E-state index in [4.69, 9.17) is 16.6 Å². The van der Waals surface area contributed by atoms with Crippen LogP contribution in [0.4, 0.5) is 0 Å². The molecule has 1 aliphatic heterocycles. The molecule has 1 saturated heterocycles. The molecule has 0 unspecified atom stereocenters. The van der Waals surface area contributed by atoms with Crippen LogP contribution >= 0.6 is 12.2 Å². The van der Waals surface area contributed by atoms with Gasteiger partial charge in [-0.05, 0) is 30.6 Å². The molecule has 1 N–H and O–H groups in total. The van der Waals surface area contributed by atoms with E-state index in [0.717, 1.165) is 10.4 Å². The zero-order valence-electron chi connectivity index (χ0n) is 16.4. The standard InChI is InChI=1S/C20H31NO2SSi/c1-13(18(24)15-11-9-8-10-12-15)17-16(19(22)21-17)14(2)23-25(6,7)20(3,4)5/h8-14,16-17H,1-7H3,(H,21,22)/t13-,14-,16-,17-/m1/s1. The Morgan fingerprint density at radius 3 is 2.24 bits per heavy atom. The van der Waals surface area contributed by atoms with Crippen LogP contribution in [0.1, 0.15) is 40.2 Å². The third kappa shape index (κ3) is 4.21. The van der Waals surface area contributed by atoms with Crippen LogP contribution in [0.5, 0.6) is 0 Å². The molecule has 1 heterocycles. The van der Waals surface area contributed by atoms with Crippen LogP contribution in [-0.2, 0) is 9.22 Å². The number of hydrogen-bond acceptors (Lipinski definition) is 3. The monoisotopic (exact) mass is 377 g/mol. The van der Waals surface area contributed by atoms with Gasteiger partial charge in [-0.2, -0.15) is 0 Å². The van der Waals surface area contributed by atoms with E-state index in [-0.39, 0.29) is 34.9 Å². The van der Waals surface area contributed by atoms with Crippen LogP contribution in [0, 0.1) is 11.8 Å². The highest BCUT2D eigenvalue weighted by atomic mass is 32.1. The number of β-lactam (4-membered cyclic amide) rings is 1. The molecule has 0 spiro atoms. The van der Waals surface area contributed by atoms with Gasteiger partial charge in [-0.25, -0.2) is 0 Å². The SMILES string of the molecule is C[C@@H](O[Si](C)(C)C(C)(C)C)[C@H]1C(=O)N[C@@H]1[C@@H](C)C(=S)c1ccccc1. The number of rotatable bonds is 6. The Hall–Kier alpha value is -1.04. The summed E-state index contributed by atoms with van der Waals surface area (Å²) in [5.74, 6) is 0.0512. The molecule has 0 bridgehead atoms. The van der Waals surface area contributed by atoms with Gasteiger partial charge in [0.05, 0.1) is 18.1 Å². The van der Waals surface area contributed by atoms with E-state index in [1.165, 1.54) is 0 Å². The molecule has 2 rings (SSSR count). The van der Waals surface area contributed by atoms with Crippen molar-refractivity contribution in [3.63, 3.8) is 0 Å². The molecular weight excluding hydrogens is 346 g/mol. The van der Waals surface area contributed by atoms with E-state index in [1.54, 1.807) is 0 Å². The van der Waals surface area contributed by atoms with Gasteiger partial charge >= 0.3 is 0 Å². The Morgan fingerprint density at radius 1 is 1.20 bits per heavy atom. The first-order valence-electron chi connectivity index (χ1n) is 9.03. The Labute approximate surface area is 158 Å². The van der Waals surface area contributed by atoms with E-state index in [0.29, 0.717) is 0 Å². The number of amides is 1. The van der Waals surface area contributed by atoms with Crippen LogP contribution in [-0.4, -0.2) is 31.2 Å². The van der Waals surface area contributed by atoms with E-state index < -0.39 is 8.32 Å². The van der Waals surface area contributed by atoms with Crippen molar-refractivity contribution >= 4 is 31.3 Å². The maximum Gasteiger partial charge on any atom is 0.228 e. The predicted octanol–water partition coefficient (Wildman–Crippen LogP) is 4.57. The third-order valence-corrected chi connectivity index (χ3v) is 11.0. The Bertz CT molecular complexity index is 639. The lowest BCUT2D eigenvalue weighted by Crippen LogP contribution is -2.66. The van der Waals surface area contributed by atoms with Crippen molar-refractivity contribution in [2.45, 2.75) is 64.9 Å². The minimum atomic E-state index is -1.91. The molecule has 0 aliphatic carbocycles. The smallest absolute Gasteiger partial charge is 0.228 e. The summed E-state index contributed by atoms with van der Waals surface area (Å²) in [6, 6.07) is 10.1. The van der Waals surface area contributed by atoms with E-state index in [1.807, 2.05) is 37.3 Å². The van der Waals surface area contributed by atoms with Crippen molar-refractivity contribution < 1.29 is 9.22 Å². The molecule has 5 heteroatoms. The molecule has 1 fully saturated rings. The quantitative estimate of drug-likeness (QED) is 0.342. The molecule has 1 aromatic rings. The van der Waals surface area contributed by atoms with E-state index in [9.17, 15) is 4.79 Å². The number of thiocarbonyl (C=S) groups is 1. The number of carbonyl (C=O) groups excluding carboxylic acids is 1. The Balaban J connectivity index is 2.11. The fraction of sp³-hybridized carbons (Fsp3) is 0.600. The van der Waals surface area contributed by atoms with Crippen molar-refractivity contribution in [3.05, 3.63) is 35.9 Å². The topological polar surface area (TPSA) is 38.3 Å². The van der Waals surface area contributed by atoms with Crippen molar-refractivity contribution in [2.75, 3.05) is 0 Å². The van der Waals surface area contributed by atoms with Crippen LogP contribution in [0.25, 0.3) is 0 Å². The number of carbonyl (C=O) groups is 1. The zero-order chi connectivity index (χ0) is 19.0. The van der Waals surface area contributed by atoms with Gasteiger partial charge in [0.1, 0.15) is 0 Å². The number of hydrogen-bond donors (Lipinski definition) is 1. The van der Waals surface area contributed by atoms with Gasteiger partial charge in [0, 0.05) is 10.8 Å². The van der Waals surface area contributed by atoms with Gasteiger partial charge < -0.3 is 9.74 Å². The summed E-state index contributed by atoms with van der Waals surface area (Å²) in [6.45, 7) is 15.3. The van der Waals surface area contributed by atoms with Crippen molar-refractivity contribution in [1.29, 1.82) is 0 Å². The second-order valence-corrected chi connectivity index (χ2v) is 13.9. The van der Waals surface area contributed by atoms with E-state index in [2.05, 4.69) is 46.1 Å². The van der Waals surface area contributed by atoms with Gasteiger partial charge in [-0.3, -0.25) is 4.79 Å². The number of benzene rings is 1. The number of nitrogens with one attached hydrogen (secondary N) is 1. The molecular formula is C20H31NO2SSi. The summed E-state index contributed by atoms with van der Waals surface area (Å²) < 4.78 is 6.48. The first-order chi connectivity index (χ1) is 11.5. The molecule has 1 aromatic carbocycles. The average Bonchev–Trinajstić information content (AvgIpc) is 2.50. The molecule has 0 saturated carbocycles. The molecule has 0 aromatic heterocycles. The second kappa shape index (κ2) is 7.29. The van der Waals surface area contributed by atoms with Gasteiger partial charge in [0.25, 0.3) is 0 Å². The summed E-state index contributed by atoms with van der Waals surface area (Å²) >= 11 is 5.68. The third-order valence-electron chi connectivity index (χ3n) is 5.80. The summed E-state index contributed by atoms with van der Waals surface area (Å²) in [5, 5.41) is 3.18. The fourth-order valence-corrected chi connectivity index (χ4v) is 4.81. The highest BCUT2D eigenvalue weighted by Crippen LogP contribution is 2.39. The van der Waals surface area contributed by atoms with Crippen LogP contribution in [0.15, 0.2) is 30.3 Å². The maximum atomic E-state index is 12.3. The van der Waals surface area contributed by atoms with Crippen LogP contribution in [0.2, 0.25) is 18.1 Å². The second-order valence-electron chi connectivity index (χ2n) is 8.66. The molecule has 25 heavy (non-hydrogen) atoms. The van der Waals surface area contributed by atoms with Gasteiger partial charge in [0.15, 0.2) is 8.32 Å². The molecule has 3 nitrogen and oxygen atoms in total. The molecule has 1 aliphatic rings. The first-order valence-corrected chi connectivity index (χ1v) is 12.3. The first kappa shape index (κ1) is 20.3. The minimum Gasteiger partial charge on any atom is -0.413 e. The maximum absolute atomic E-state index is 12.3. The zero-order valence-corrected chi connectivity index (χ0v) is 18.2. The van der Waals surface area contributed by atoms with Gasteiger partial charge in [-0.15, -0.1) is 0 Å². The molecule has 138 valence electrons. The van der Waals surface area contributed by atoms with Crippen molar-refractivity contribution in [2.24, 2.45) is 11.8 Å². The normalized spacial score (nSPS) is 23.4. The molecule has 1 amide bonds. The van der Waals surface area contributed by atoms with E-state index >= 15 is 0 Å². The Morgan fingerprint density at radius 2 is 1.76 bits per heavy atom. The lowest BCUT2D eigenvalue weighted by atomic mass is 9.77. The minimum absolute atomic E-state index is 0.0416. The summed E-state index contributed by atoms with van der Waals surface area (Å²) in [7, 11) is -1.91. The largest absolute Gasteiger partial charge is 0.413 e. The summed E-state index contributed by atoms with van der Waals surface area (Å²) in [4.78, 5) is 13.2. The van der Waals surface area contributed by atoms with Crippen LogP contribution in [0.3, 0.4) is 0 Å². The van der Waals surface area contributed by atoms with Crippen molar-refractivity contribution in [3.8, 4) is 0 Å². The van der Waals surface area contributed by atoms with Gasteiger partial charge in [-0.1, -0.05) is 70.2 Å². The molecule has 0 radical (unpaired) electrons. The molecule has 4 atom stereocenters. The van der Waals surface area contributed by atoms with Crippen LogP contribution < -0.4 is 5.32 Å². The lowest BCUT2D eigenvalue weighted by Gasteiger charge is -2.47. The van der Waals surface area contributed by atoms with Crippen molar-refractivity contribution in [1.82, 2.24) is 5.32 Å². The highest BCUT2D eigenvalue weighted by Gasteiger charge is 2.49. The van der Waals surface area contributed by atoms with Gasteiger partial charge in [0.2, 0.25) is 5.91 Å². The highest BCUT2D eigenvalue weighted by molar-refractivity contribution is 7.80. The summed E-state index contributed by atoms with van der Waals surface area (Å²) in [6.07, 6.45) is -0.0966. The average molecular weight is 378 g/mol. The fourth-order valence-electron chi connectivity index (χ4n) is 3.10. The summed E-state index contributed by atoms with van der Waals surface area (Å²) in [5.41, 5.74) is 1.06. The lowest BCUT2D eigenvalue weighted by molar-refractivity contribution is -0.140. The predicted molar refractivity (Wildman–Crippen MR) is 110 cm³/mol. The Kier molecular flexibility index (Phi) is 5.91.